The Balaban J connectivity index is 1.77. The van der Waals surface area contributed by atoms with Crippen LogP contribution in [0.3, 0.4) is 0 Å². The molecule has 0 radical (unpaired) electrons. The highest BCUT2D eigenvalue weighted by atomic mass is 16.6. The number of hydrogen-bond acceptors (Lipinski definition) is 6. The first-order chi connectivity index (χ1) is 11.0. The van der Waals surface area contributed by atoms with Gasteiger partial charge >= 0.3 is 5.69 Å². The molecule has 1 aliphatic rings. The number of rotatable bonds is 4. The van der Waals surface area contributed by atoms with Crippen LogP contribution < -0.4 is 10.2 Å². The van der Waals surface area contributed by atoms with Crippen LogP contribution in [-0.2, 0) is 14.1 Å². The molecular formula is C14H21N7O2. The summed E-state index contributed by atoms with van der Waals surface area (Å²) < 4.78 is 3.33. The zero-order chi connectivity index (χ0) is 16.6. The molecule has 0 amide bonds. The lowest BCUT2D eigenvalue weighted by Gasteiger charge is -2.34. The second-order valence-corrected chi connectivity index (χ2v) is 5.97. The average Bonchev–Trinajstić information content (AvgIpc) is 3.03. The molecule has 3 rings (SSSR count). The second kappa shape index (κ2) is 5.90. The average molecular weight is 319 g/mol. The summed E-state index contributed by atoms with van der Waals surface area (Å²) in [4.78, 5) is 13.2. The van der Waals surface area contributed by atoms with Crippen molar-refractivity contribution in [1.82, 2.24) is 19.6 Å². The van der Waals surface area contributed by atoms with Gasteiger partial charge in [-0.25, -0.2) is 4.68 Å². The lowest BCUT2D eigenvalue weighted by atomic mass is 10.1. The summed E-state index contributed by atoms with van der Waals surface area (Å²) in [5, 5.41) is 23.0. The van der Waals surface area contributed by atoms with Crippen molar-refractivity contribution >= 4 is 17.2 Å². The van der Waals surface area contributed by atoms with Crippen LogP contribution in [0.1, 0.15) is 18.5 Å². The fourth-order valence-corrected chi connectivity index (χ4v) is 3.12. The van der Waals surface area contributed by atoms with Crippen LogP contribution in [-0.4, -0.2) is 43.6 Å². The van der Waals surface area contributed by atoms with Crippen LogP contribution in [0.5, 0.6) is 0 Å². The summed E-state index contributed by atoms with van der Waals surface area (Å²) in [6, 6.07) is 0.137. The highest BCUT2D eigenvalue weighted by Gasteiger charge is 2.28. The molecule has 9 heteroatoms. The number of nitrogens with zero attached hydrogens (tertiary/aromatic N) is 6. The summed E-state index contributed by atoms with van der Waals surface area (Å²) in [5.41, 5.74) is 1.57. The quantitative estimate of drug-likeness (QED) is 0.677. The first-order valence-corrected chi connectivity index (χ1v) is 7.64. The third-order valence-electron chi connectivity index (χ3n) is 4.19. The molecule has 1 N–H and O–H groups in total. The minimum Gasteiger partial charge on any atom is -0.367 e. The van der Waals surface area contributed by atoms with Gasteiger partial charge in [-0.2, -0.15) is 10.2 Å². The van der Waals surface area contributed by atoms with Crippen molar-refractivity contribution in [2.75, 3.05) is 23.3 Å². The monoisotopic (exact) mass is 319 g/mol. The molecule has 9 nitrogen and oxygen atoms in total. The third-order valence-corrected chi connectivity index (χ3v) is 4.19. The maximum absolute atomic E-state index is 11.3. The van der Waals surface area contributed by atoms with E-state index < -0.39 is 0 Å². The van der Waals surface area contributed by atoms with Crippen molar-refractivity contribution < 1.29 is 4.92 Å². The van der Waals surface area contributed by atoms with Crippen LogP contribution in [0.4, 0.5) is 17.2 Å². The first-order valence-electron chi connectivity index (χ1n) is 7.64. The van der Waals surface area contributed by atoms with E-state index in [9.17, 15) is 10.1 Å². The van der Waals surface area contributed by atoms with E-state index in [1.807, 2.05) is 19.4 Å². The van der Waals surface area contributed by atoms with Crippen molar-refractivity contribution in [3.63, 3.8) is 0 Å². The van der Waals surface area contributed by atoms with Crippen LogP contribution in [0.25, 0.3) is 0 Å². The molecule has 0 spiro atoms. The third kappa shape index (κ3) is 2.99. The van der Waals surface area contributed by atoms with Gasteiger partial charge in [0.1, 0.15) is 5.69 Å². The Labute approximate surface area is 134 Å². The van der Waals surface area contributed by atoms with Crippen molar-refractivity contribution in [2.45, 2.75) is 25.8 Å². The molecule has 1 atom stereocenters. The Morgan fingerprint density at radius 3 is 2.87 bits per heavy atom. The minimum absolute atomic E-state index is 0.0611. The first kappa shape index (κ1) is 15.3. The lowest BCUT2D eigenvalue weighted by molar-refractivity contribution is -0.384. The van der Waals surface area contributed by atoms with Gasteiger partial charge < -0.3 is 10.2 Å². The molecule has 0 saturated carbocycles. The number of nitro groups is 1. The van der Waals surface area contributed by atoms with Gasteiger partial charge in [0.05, 0.1) is 16.8 Å². The largest absolute Gasteiger partial charge is 0.367 e. The zero-order valence-corrected chi connectivity index (χ0v) is 13.6. The van der Waals surface area contributed by atoms with Gasteiger partial charge in [0.15, 0.2) is 0 Å². The molecule has 0 aromatic carbocycles. The summed E-state index contributed by atoms with van der Waals surface area (Å²) in [7, 11) is 3.62. The zero-order valence-electron chi connectivity index (χ0n) is 13.6. The second-order valence-electron chi connectivity index (χ2n) is 5.97. The molecule has 0 unspecified atom stereocenters. The predicted octanol–water partition coefficient (Wildman–Crippen LogP) is 1.45. The number of aryl methyl sites for hydroxylation is 3. The number of nitrogens with one attached hydrogen (secondary N) is 1. The van der Waals surface area contributed by atoms with E-state index in [1.165, 1.54) is 0 Å². The van der Waals surface area contributed by atoms with Crippen LogP contribution in [0.2, 0.25) is 0 Å². The summed E-state index contributed by atoms with van der Waals surface area (Å²) in [6.45, 7) is 3.41. The van der Waals surface area contributed by atoms with Crippen LogP contribution >= 0.6 is 0 Å². The predicted molar refractivity (Wildman–Crippen MR) is 86.7 cm³/mol. The fraction of sp³-hybridized carbons (Fsp3) is 0.571. The number of hydrogen-bond donors (Lipinski definition) is 1. The van der Waals surface area contributed by atoms with E-state index in [0.717, 1.165) is 31.6 Å². The molecule has 23 heavy (non-hydrogen) atoms. The molecule has 2 aromatic heterocycles. The van der Waals surface area contributed by atoms with E-state index in [2.05, 4.69) is 20.4 Å². The number of aromatic nitrogens is 4. The van der Waals surface area contributed by atoms with Gasteiger partial charge in [-0.1, -0.05) is 0 Å². The van der Waals surface area contributed by atoms with Gasteiger partial charge in [-0.05, 0) is 19.8 Å². The van der Waals surface area contributed by atoms with Crippen LogP contribution in [0.15, 0.2) is 12.4 Å². The van der Waals surface area contributed by atoms with E-state index >= 15 is 0 Å². The standard InChI is InChI=1S/C14H21N7O2/c1-10-13(21(22)23)14(19(3)17-10)16-11-5-4-6-20(8-11)12-7-15-18(2)9-12/h7,9,11,16H,4-6,8H2,1-3H3/t11-/m0/s1. The Hall–Kier alpha value is -2.58. The molecule has 2 aromatic rings. The lowest BCUT2D eigenvalue weighted by Crippen LogP contribution is -2.42. The SMILES string of the molecule is Cc1nn(C)c(N[C@H]2CCCN(c3cnn(C)c3)C2)c1[N+](=O)[O-]. The van der Waals surface area contributed by atoms with Crippen LogP contribution in [0, 0.1) is 17.0 Å². The van der Waals surface area contributed by atoms with Crippen molar-refractivity contribution in [3.05, 3.63) is 28.2 Å². The van der Waals surface area contributed by atoms with E-state index in [1.54, 1.807) is 23.3 Å². The Morgan fingerprint density at radius 1 is 1.43 bits per heavy atom. The smallest absolute Gasteiger partial charge is 0.333 e. The molecule has 3 heterocycles. The molecule has 1 fully saturated rings. The maximum atomic E-state index is 11.3. The van der Waals surface area contributed by atoms with Crippen molar-refractivity contribution in [1.29, 1.82) is 0 Å². The summed E-state index contributed by atoms with van der Waals surface area (Å²) >= 11 is 0. The normalized spacial score (nSPS) is 18.2. The summed E-state index contributed by atoms with van der Waals surface area (Å²) in [6.07, 6.45) is 5.83. The minimum atomic E-state index is -0.369. The Bertz CT molecular complexity index is 721. The van der Waals surface area contributed by atoms with E-state index in [0.29, 0.717) is 11.5 Å². The maximum Gasteiger partial charge on any atom is 0.333 e. The van der Waals surface area contributed by atoms with Gasteiger partial charge in [-0.15, -0.1) is 0 Å². The van der Waals surface area contributed by atoms with Crippen molar-refractivity contribution in [3.8, 4) is 0 Å². The fourth-order valence-electron chi connectivity index (χ4n) is 3.12. The molecule has 124 valence electrons. The Morgan fingerprint density at radius 2 is 2.22 bits per heavy atom. The van der Waals surface area contributed by atoms with Crippen molar-refractivity contribution in [2.24, 2.45) is 14.1 Å². The molecule has 1 aliphatic heterocycles. The number of anilines is 2. The number of piperidine rings is 1. The van der Waals surface area contributed by atoms with E-state index in [4.69, 9.17) is 0 Å². The van der Waals surface area contributed by atoms with Gasteiger partial charge in [0.25, 0.3) is 0 Å². The molecule has 0 bridgehead atoms. The topological polar surface area (TPSA) is 94.1 Å². The Kier molecular flexibility index (Phi) is 3.93. The molecule has 1 saturated heterocycles. The van der Waals surface area contributed by atoms with E-state index in [-0.39, 0.29) is 16.7 Å². The highest BCUT2D eigenvalue weighted by molar-refractivity contribution is 5.60. The highest BCUT2D eigenvalue weighted by Crippen LogP contribution is 2.29. The summed E-state index contributed by atoms with van der Waals surface area (Å²) in [5.74, 6) is 0.477. The van der Waals surface area contributed by atoms with Gasteiger partial charge in [0.2, 0.25) is 5.82 Å². The molecule has 0 aliphatic carbocycles. The molecular weight excluding hydrogens is 298 g/mol. The van der Waals surface area contributed by atoms with Gasteiger partial charge in [-0.3, -0.25) is 14.8 Å². The van der Waals surface area contributed by atoms with Gasteiger partial charge in [0, 0.05) is 39.4 Å².